The number of primary amides is 1. The number of amides is 1. The van der Waals surface area contributed by atoms with E-state index in [4.69, 9.17) is 5.73 Å². The molecule has 86 valence electrons. The summed E-state index contributed by atoms with van der Waals surface area (Å²) >= 11 is 0. The molecule has 0 aliphatic carbocycles. The molecular weight excluding hydrogens is 216 g/mol. The third-order valence-electron chi connectivity index (χ3n) is 3.00. The number of fused-ring (bicyclic) bond motifs is 3. The van der Waals surface area contributed by atoms with E-state index in [9.17, 15) is 4.79 Å². The highest BCUT2D eigenvalue weighted by Crippen LogP contribution is 2.29. The van der Waals surface area contributed by atoms with Crippen LogP contribution in [0.4, 0.5) is 0 Å². The van der Waals surface area contributed by atoms with Crippen LogP contribution in [0.5, 0.6) is 0 Å². The van der Waals surface area contributed by atoms with Gasteiger partial charge in [0.1, 0.15) is 5.69 Å². The lowest BCUT2D eigenvalue weighted by atomic mass is 10.0. The van der Waals surface area contributed by atoms with Crippen LogP contribution in [0.3, 0.4) is 0 Å². The van der Waals surface area contributed by atoms with Crippen molar-refractivity contribution in [3.63, 3.8) is 0 Å². The Morgan fingerprint density at radius 1 is 1.29 bits per heavy atom. The van der Waals surface area contributed by atoms with E-state index in [1.165, 1.54) is 5.56 Å². The van der Waals surface area contributed by atoms with Crippen molar-refractivity contribution >= 4 is 5.91 Å². The van der Waals surface area contributed by atoms with Crippen LogP contribution < -0.4 is 11.1 Å². The number of carbonyl (C=O) groups is 1. The van der Waals surface area contributed by atoms with Gasteiger partial charge in [-0.2, -0.15) is 5.10 Å². The normalized spacial score (nSPS) is 13.6. The zero-order valence-electron chi connectivity index (χ0n) is 9.16. The Balaban J connectivity index is 2.24. The van der Waals surface area contributed by atoms with Crippen molar-refractivity contribution in [1.82, 2.24) is 15.5 Å². The fourth-order valence-corrected chi connectivity index (χ4v) is 2.19. The summed E-state index contributed by atoms with van der Waals surface area (Å²) in [5, 5.41) is 10.2. The van der Waals surface area contributed by atoms with Gasteiger partial charge in [0, 0.05) is 24.2 Å². The molecule has 0 saturated heterocycles. The van der Waals surface area contributed by atoms with Crippen LogP contribution in [-0.4, -0.2) is 16.1 Å². The van der Waals surface area contributed by atoms with Gasteiger partial charge >= 0.3 is 0 Å². The lowest BCUT2D eigenvalue weighted by molar-refractivity contribution is 0.0994. The third kappa shape index (κ3) is 1.52. The van der Waals surface area contributed by atoms with Crippen molar-refractivity contribution in [3.8, 4) is 11.3 Å². The van der Waals surface area contributed by atoms with Crippen molar-refractivity contribution < 1.29 is 4.79 Å². The largest absolute Gasteiger partial charge is 0.364 e. The number of hydrogen-bond donors (Lipinski definition) is 3. The molecular formula is C12H12N4O. The number of carbonyl (C=O) groups excluding carboxylic acids is 1. The molecule has 17 heavy (non-hydrogen) atoms. The second-order valence-electron chi connectivity index (χ2n) is 4.05. The van der Waals surface area contributed by atoms with Crippen LogP contribution in [-0.2, 0) is 13.1 Å². The number of nitrogens with zero attached hydrogens (tertiary/aromatic N) is 1. The number of aromatic amines is 1. The highest BCUT2D eigenvalue weighted by atomic mass is 16.1. The van der Waals surface area contributed by atoms with E-state index in [2.05, 4.69) is 21.6 Å². The smallest absolute Gasteiger partial charge is 0.267 e. The van der Waals surface area contributed by atoms with Crippen molar-refractivity contribution in [2.75, 3.05) is 0 Å². The lowest BCUT2D eigenvalue weighted by Crippen LogP contribution is -2.17. The van der Waals surface area contributed by atoms with Gasteiger partial charge in [-0.15, -0.1) is 0 Å². The minimum Gasteiger partial charge on any atom is -0.364 e. The molecule has 1 aliphatic rings. The Kier molecular flexibility index (Phi) is 2.19. The molecule has 2 heterocycles. The maximum absolute atomic E-state index is 11.3. The summed E-state index contributed by atoms with van der Waals surface area (Å²) in [7, 11) is 0. The van der Waals surface area contributed by atoms with Crippen LogP contribution in [0.1, 0.15) is 21.6 Å². The molecule has 0 bridgehead atoms. The van der Waals surface area contributed by atoms with E-state index in [1.807, 2.05) is 18.2 Å². The van der Waals surface area contributed by atoms with E-state index in [1.54, 1.807) is 0 Å². The Bertz CT molecular complexity index is 588. The van der Waals surface area contributed by atoms with Gasteiger partial charge in [-0.1, -0.05) is 24.3 Å². The number of nitrogens with one attached hydrogen (secondary N) is 2. The summed E-state index contributed by atoms with van der Waals surface area (Å²) < 4.78 is 0. The van der Waals surface area contributed by atoms with E-state index in [0.717, 1.165) is 23.4 Å². The molecule has 1 aromatic carbocycles. The fraction of sp³-hybridized carbons (Fsp3) is 0.167. The van der Waals surface area contributed by atoms with Crippen LogP contribution >= 0.6 is 0 Å². The SMILES string of the molecule is NC(=O)c1[nH]nc2c1CNCc1ccccc1-2. The summed E-state index contributed by atoms with van der Waals surface area (Å²) in [5.74, 6) is -0.472. The van der Waals surface area contributed by atoms with E-state index >= 15 is 0 Å². The maximum atomic E-state index is 11.3. The van der Waals surface area contributed by atoms with Crippen molar-refractivity contribution in [2.45, 2.75) is 13.1 Å². The summed E-state index contributed by atoms with van der Waals surface area (Å²) in [5.41, 5.74) is 9.60. The van der Waals surface area contributed by atoms with Crippen molar-refractivity contribution in [3.05, 3.63) is 41.1 Å². The topological polar surface area (TPSA) is 83.8 Å². The second-order valence-corrected chi connectivity index (χ2v) is 4.05. The molecule has 5 nitrogen and oxygen atoms in total. The molecule has 3 rings (SSSR count). The summed E-state index contributed by atoms with van der Waals surface area (Å²) in [4.78, 5) is 11.3. The van der Waals surface area contributed by atoms with Crippen LogP contribution in [0, 0.1) is 0 Å². The Hall–Kier alpha value is -2.14. The molecule has 4 N–H and O–H groups in total. The zero-order valence-corrected chi connectivity index (χ0v) is 9.16. The number of benzene rings is 1. The molecule has 0 fully saturated rings. The first kappa shape index (κ1) is 10.0. The van der Waals surface area contributed by atoms with Gasteiger partial charge in [-0.05, 0) is 5.56 Å². The molecule has 0 unspecified atom stereocenters. The van der Waals surface area contributed by atoms with Gasteiger partial charge in [-0.25, -0.2) is 0 Å². The van der Waals surface area contributed by atoms with E-state index in [-0.39, 0.29) is 0 Å². The summed E-state index contributed by atoms with van der Waals surface area (Å²) in [6.07, 6.45) is 0. The Morgan fingerprint density at radius 3 is 2.94 bits per heavy atom. The number of hydrogen-bond acceptors (Lipinski definition) is 3. The summed E-state index contributed by atoms with van der Waals surface area (Å²) in [6.45, 7) is 1.36. The maximum Gasteiger partial charge on any atom is 0.267 e. The molecule has 1 aliphatic heterocycles. The van der Waals surface area contributed by atoms with Gasteiger partial charge < -0.3 is 11.1 Å². The number of aromatic nitrogens is 2. The highest BCUT2D eigenvalue weighted by molar-refractivity contribution is 5.94. The Labute approximate surface area is 98.0 Å². The molecule has 0 saturated carbocycles. The highest BCUT2D eigenvalue weighted by Gasteiger charge is 2.21. The zero-order chi connectivity index (χ0) is 11.8. The van der Waals surface area contributed by atoms with Gasteiger partial charge in [0.15, 0.2) is 0 Å². The van der Waals surface area contributed by atoms with Crippen LogP contribution in [0.15, 0.2) is 24.3 Å². The van der Waals surface area contributed by atoms with Gasteiger partial charge in [0.05, 0.1) is 5.69 Å². The summed E-state index contributed by atoms with van der Waals surface area (Å²) in [6, 6.07) is 8.02. The van der Waals surface area contributed by atoms with Crippen molar-refractivity contribution in [2.24, 2.45) is 5.73 Å². The predicted molar refractivity (Wildman–Crippen MR) is 63.1 cm³/mol. The lowest BCUT2D eigenvalue weighted by Gasteiger charge is -2.03. The first-order chi connectivity index (χ1) is 8.27. The minimum atomic E-state index is -0.472. The van der Waals surface area contributed by atoms with Crippen LogP contribution in [0.25, 0.3) is 11.3 Å². The molecule has 0 radical (unpaired) electrons. The molecule has 1 aromatic heterocycles. The quantitative estimate of drug-likeness (QED) is 0.674. The van der Waals surface area contributed by atoms with Gasteiger partial charge in [-0.3, -0.25) is 9.89 Å². The predicted octanol–water partition coefficient (Wildman–Crippen LogP) is 0.779. The molecule has 0 atom stereocenters. The number of H-pyrrole nitrogens is 1. The average Bonchev–Trinajstić information content (AvgIpc) is 2.66. The second kappa shape index (κ2) is 3.71. The van der Waals surface area contributed by atoms with Gasteiger partial charge in [0.2, 0.25) is 0 Å². The number of rotatable bonds is 1. The third-order valence-corrected chi connectivity index (χ3v) is 3.00. The van der Waals surface area contributed by atoms with E-state index < -0.39 is 5.91 Å². The molecule has 5 heteroatoms. The first-order valence-corrected chi connectivity index (χ1v) is 5.43. The molecule has 0 spiro atoms. The van der Waals surface area contributed by atoms with E-state index in [0.29, 0.717) is 12.2 Å². The Morgan fingerprint density at radius 2 is 2.12 bits per heavy atom. The average molecular weight is 228 g/mol. The molecule has 1 amide bonds. The molecule has 2 aromatic rings. The fourth-order valence-electron chi connectivity index (χ4n) is 2.19. The van der Waals surface area contributed by atoms with Crippen LogP contribution in [0.2, 0.25) is 0 Å². The minimum absolute atomic E-state index is 0.393. The van der Waals surface area contributed by atoms with Crippen molar-refractivity contribution in [1.29, 1.82) is 0 Å². The van der Waals surface area contributed by atoms with Gasteiger partial charge in [0.25, 0.3) is 5.91 Å². The standard InChI is InChI=1S/C12H12N4O/c13-12(17)11-9-6-14-5-7-3-1-2-4-8(7)10(9)15-16-11/h1-4,14H,5-6H2,(H2,13,17)(H,15,16). The monoisotopic (exact) mass is 228 g/mol. The first-order valence-electron chi connectivity index (χ1n) is 5.43. The number of nitrogens with two attached hydrogens (primary N) is 1.